The van der Waals surface area contributed by atoms with E-state index in [1.807, 2.05) is 0 Å². The summed E-state index contributed by atoms with van der Waals surface area (Å²) in [5, 5.41) is 0. The second-order valence-electron chi connectivity index (χ2n) is 1.92. The Labute approximate surface area is 50.1 Å². The van der Waals surface area contributed by atoms with Gasteiger partial charge in [0.2, 0.25) is 0 Å². The molecule has 0 bridgehead atoms. The van der Waals surface area contributed by atoms with E-state index in [0.717, 1.165) is 13.0 Å². The molecule has 0 rings (SSSR count). The van der Waals surface area contributed by atoms with Crippen molar-refractivity contribution >= 4 is 22.5 Å². The summed E-state index contributed by atoms with van der Waals surface area (Å²) in [6.45, 7) is 6.50. The first-order valence-electron chi connectivity index (χ1n) is 2.40. The minimum Gasteiger partial charge on any atom is -0.0630 e. The molecular formula is C4H10B3. The zero-order valence-electron chi connectivity index (χ0n) is 5.31. The van der Waals surface area contributed by atoms with E-state index < -0.39 is 0 Å². The summed E-state index contributed by atoms with van der Waals surface area (Å²) < 4.78 is 0. The fourth-order valence-corrected chi connectivity index (χ4v) is 0. The van der Waals surface area contributed by atoms with Crippen molar-refractivity contribution in [2.24, 2.45) is 5.92 Å². The van der Waals surface area contributed by atoms with Crippen LogP contribution in [0.4, 0.5) is 0 Å². The molecular weight excluding hydrogens is 80.5 g/mol. The SMILES string of the molecule is CC(C)C.[B][B][B]. The summed E-state index contributed by atoms with van der Waals surface area (Å²) in [5.41, 5.74) is 0. The van der Waals surface area contributed by atoms with Crippen LogP contribution in [0, 0.1) is 5.92 Å². The smallest absolute Gasteiger partial charge is 0 e. The monoisotopic (exact) mass is 91.1 g/mol. The molecule has 0 aromatic carbocycles. The highest BCUT2D eigenvalue weighted by atomic mass is 13.7. The predicted molar refractivity (Wildman–Crippen MR) is 37.8 cm³/mol. The first kappa shape index (κ1) is 10.2. The molecule has 35 valence electrons. The molecule has 3 heteroatoms. The molecule has 0 saturated heterocycles. The lowest BCUT2D eigenvalue weighted by atomic mass is 9.40. The average molecular weight is 90.6 g/mol. The maximum Gasteiger partial charge on any atom is 0 e. The van der Waals surface area contributed by atoms with Crippen LogP contribution < -0.4 is 0 Å². The van der Waals surface area contributed by atoms with Gasteiger partial charge in [-0.2, -0.15) is 0 Å². The summed E-state index contributed by atoms with van der Waals surface area (Å²) >= 11 is 0. The Morgan fingerprint density at radius 1 is 1.14 bits per heavy atom. The minimum atomic E-state index is 0.833. The summed E-state index contributed by atoms with van der Waals surface area (Å²) in [5.74, 6) is 0.833. The summed E-state index contributed by atoms with van der Waals surface area (Å²) in [6.07, 6.45) is 0. The van der Waals surface area contributed by atoms with Gasteiger partial charge in [-0.15, -0.1) is 0 Å². The summed E-state index contributed by atoms with van der Waals surface area (Å²) in [4.78, 5) is 0. The molecule has 0 amide bonds. The van der Waals surface area contributed by atoms with E-state index >= 15 is 0 Å². The minimum absolute atomic E-state index is 0.833. The Balaban J connectivity index is 0. The Morgan fingerprint density at radius 2 is 1.14 bits per heavy atom. The normalized spacial score (nSPS) is 6.86. The quantitative estimate of drug-likeness (QED) is 0.381. The standard InChI is InChI=1S/C4H10.B3/c1-4(2)3;1-3-2/h4H,1-3H3;. The third-order valence-corrected chi connectivity index (χ3v) is 0. The maximum atomic E-state index is 4.50. The topological polar surface area (TPSA) is 0 Å². The van der Waals surface area contributed by atoms with Crippen LogP contribution in [0.5, 0.6) is 0 Å². The van der Waals surface area contributed by atoms with Crippen LogP contribution in [-0.4, -0.2) is 22.5 Å². The van der Waals surface area contributed by atoms with Gasteiger partial charge >= 0.3 is 0 Å². The highest BCUT2D eigenvalue weighted by molar-refractivity contribution is 7.17. The van der Waals surface area contributed by atoms with Gasteiger partial charge in [0.25, 0.3) is 0 Å². The Bertz CT molecular complexity index is 18.1. The Morgan fingerprint density at radius 3 is 1.14 bits per heavy atom. The van der Waals surface area contributed by atoms with Crippen molar-refractivity contribution in [3.8, 4) is 0 Å². The maximum absolute atomic E-state index is 4.50. The van der Waals surface area contributed by atoms with E-state index in [1.165, 1.54) is 0 Å². The van der Waals surface area contributed by atoms with E-state index in [9.17, 15) is 0 Å². The second-order valence-corrected chi connectivity index (χ2v) is 1.92. The number of hydrogen-bond acceptors (Lipinski definition) is 0. The van der Waals surface area contributed by atoms with Gasteiger partial charge in [-0.05, 0) is 5.92 Å². The van der Waals surface area contributed by atoms with Gasteiger partial charge in [0, 0.05) is 22.5 Å². The Kier molecular flexibility index (Phi) is 13.9. The van der Waals surface area contributed by atoms with Crippen molar-refractivity contribution in [2.45, 2.75) is 20.8 Å². The lowest BCUT2D eigenvalue weighted by Gasteiger charge is -1.79. The third-order valence-electron chi connectivity index (χ3n) is 0. The van der Waals surface area contributed by atoms with Gasteiger partial charge in [0.1, 0.15) is 0 Å². The van der Waals surface area contributed by atoms with E-state index in [1.54, 1.807) is 0 Å². The lowest BCUT2D eigenvalue weighted by Crippen LogP contribution is -1.79. The van der Waals surface area contributed by atoms with Gasteiger partial charge < -0.3 is 0 Å². The molecule has 0 unspecified atom stereocenters. The van der Waals surface area contributed by atoms with Gasteiger partial charge in [-0.25, -0.2) is 0 Å². The second kappa shape index (κ2) is 9.50. The molecule has 0 N–H and O–H groups in total. The van der Waals surface area contributed by atoms with Crippen LogP contribution in [0.25, 0.3) is 0 Å². The van der Waals surface area contributed by atoms with Gasteiger partial charge in [0.15, 0.2) is 0 Å². The fourth-order valence-electron chi connectivity index (χ4n) is 0. The van der Waals surface area contributed by atoms with Gasteiger partial charge in [-0.3, -0.25) is 0 Å². The first-order valence-corrected chi connectivity index (χ1v) is 2.40. The molecule has 0 atom stereocenters. The van der Waals surface area contributed by atoms with Crippen molar-refractivity contribution in [3.05, 3.63) is 0 Å². The molecule has 0 aromatic heterocycles. The Hall–Kier alpha value is 0.195. The zero-order chi connectivity index (χ0) is 6.28. The van der Waals surface area contributed by atoms with Crippen LogP contribution in [0.1, 0.15) is 20.8 Å². The molecule has 0 nitrogen and oxygen atoms in total. The highest BCUT2D eigenvalue weighted by Crippen LogP contribution is 1.81. The number of hydrogen-bond donors (Lipinski definition) is 0. The van der Waals surface area contributed by atoms with Crippen LogP contribution in [0.2, 0.25) is 0 Å². The average Bonchev–Trinajstić information content (AvgIpc) is 1.33. The molecule has 7 heavy (non-hydrogen) atoms. The molecule has 5 radical (unpaired) electrons. The molecule has 0 saturated carbocycles. The van der Waals surface area contributed by atoms with Crippen LogP contribution >= 0.6 is 0 Å². The lowest BCUT2D eigenvalue weighted by molar-refractivity contribution is 0.737. The summed E-state index contributed by atoms with van der Waals surface area (Å²) in [6, 6.07) is 0. The van der Waals surface area contributed by atoms with E-state index in [0.29, 0.717) is 0 Å². The zero-order valence-corrected chi connectivity index (χ0v) is 5.31. The molecule has 0 spiro atoms. The molecule has 0 fully saturated rings. The van der Waals surface area contributed by atoms with Gasteiger partial charge in [0.05, 0.1) is 0 Å². The predicted octanol–water partition coefficient (Wildman–Crippen LogP) is 0.520. The molecule has 0 aromatic rings. The van der Waals surface area contributed by atoms with Crippen molar-refractivity contribution in [1.82, 2.24) is 0 Å². The van der Waals surface area contributed by atoms with Crippen molar-refractivity contribution in [3.63, 3.8) is 0 Å². The highest BCUT2D eigenvalue weighted by Gasteiger charge is 1.68. The molecule has 0 heterocycles. The third kappa shape index (κ3) is 2870. The molecule has 0 aliphatic carbocycles. The first-order chi connectivity index (χ1) is 3.15. The van der Waals surface area contributed by atoms with Crippen molar-refractivity contribution in [2.75, 3.05) is 0 Å². The van der Waals surface area contributed by atoms with E-state index in [4.69, 9.17) is 0 Å². The van der Waals surface area contributed by atoms with Crippen LogP contribution in [-0.2, 0) is 0 Å². The number of rotatable bonds is 0. The van der Waals surface area contributed by atoms with Crippen molar-refractivity contribution < 1.29 is 0 Å². The fraction of sp³-hybridized carbons (Fsp3) is 1.00. The van der Waals surface area contributed by atoms with E-state index in [2.05, 4.69) is 36.2 Å². The summed E-state index contributed by atoms with van der Waals surface area (Å²) in [7, 11) is 10.0. The van der Waals surface area contributed by atoms with Crippen LogP contribution in [0.3, 0.4) is 0 Å². The molecule has 0 aliphatic heterocycles. The van der Waals surface area contributed by atoms with Crippen molar-refractivity contribution in [1.29, 1.82) is 0 Å². The van der Waals surface area contributed by atoms with E-state index in [-0.39, 0.29) is 0 Å². The van der Waals surface area contributed by atoms with Gasteiger partial charge in [-0.1, -0.05) is 20.8 Å². The molecule has 0 aliphatic rings. The largest absolute Gasteiger partial charge is 0.0630 e. The van der Waals surface area contributed by atoms with Crippen LogP contribution in [0.15, 0.2) is 0 Å².